The van der Waals surface area contributed by atoms with Crippen LogP contribution in [0.5, 0.6) is 5.88 Å². The summed E-state index contributed by atoms with van der Waals surface area (Å²) in [5.41, 5.74) is 0.899. The highest BCUT2D eigenvalue weighted by atomic mass is 32.2. The number of sulfone groups is 1. The molecular formula is C17H19N3O5S. The lowest BCUT2D eigenvalue weighted by molar-refractivity contribution is -0.136. The van der Waals surface area contributed by atoms with Gasteiger partial charge in [0.05, 0.1) is 30.8 Å². The molecule has 2 N–H and O–H groups in total. The Morgan fingerprint density at radius 3 is 2.35 bits per heavy atom. The predicted octanol–water partition coefficient (Wildman–Crippen LogP) is 0.931. The van der Waals surface area contributed by atoms with Crippen LogP contribution >= 0.6 is 0 Å². The third-order valence-electron chi connectivity index (χ3n) is 3.39. The van der Waals surface area contributed by atoms with Crippen molar-refractivity contribution in [2.45, 2.75) is 6.04 Å². The lowest BCUT2D eigenvalue weighted by Crippen LogP contribution is -2.40. The summed E-state index contributed by atoms with van der Waals surface area (Å²) in [6.07, 6.45) is 2.41. The van der Waals surface area contributed by atoms with E-state index in [-0.39, 0.29) is 5.75 Å². The van der Waals surface area contributed by atoms with Crippen LogP contribution in [0.15, 0.2) is 48.7 Å². The van der Waals surface area contributed by atoms with E-state index < -0.39 is 27.7 Å². The van der Waals surface area contributed by atoms with Crippen LogP contribution in [0.3, 0.4) is 0 Å². The molecule has 138 valence electrons. The number of hydrogen-bond acceptors (Lipinski definition) is 6. The van der Waals surface area contributed by atoms with Gasteiger partial charge in [0.15, 0.2) is 0 Å². The van der Waals surface area contributed by atoms with Crippen LogP contribution in [-0.2, 0) is 19.4 Å². The third kappa shape index (κ3) is 5.85. The summed E-state index contributed by atoms with van der Waals surface area (Å²) in [4.78, 5) is 28.2. The molecule has 9 heteroatoms. The van der Waals surface area contributed by atoms with Crippen LogP contribution in [0.1, 0.15) is 11.6 Å². The largest absolute Gasteiger partial charge is 0.481 e. The van der Waals surface area contributed by atoms with Crippen molar-refractivity contribution in [3.05, 3.63) is 54.2 Å². The molecule has 26 heavy (non-hydrogen) atoms. The summed E-state index contributed by atoms with van der Waals surface area (Å²) >= 11 is 0. The van der Waals surface area contributed by atoms with Gasteiger partial charge in [0, 0.05) is 12.3 Å². The van der Waals surface area contributed by atoms with Crippen molar-refractivity contribution in [1.82, 2.24) is 10.3 Å². The predicted molar refractivity (Wildman–Crippen MR) is 96.5 cm³/mol. The van der Waals surface area contributed by atoms with Crippen LogP contribution in [0.2, 0.25) is 0 Å². The van der Waals surface area contributed by atoms with Crippen molar-refractivity contribution in [2.24, 2.45) is 0 Å². The molecule has 8 nitrogen and oxygen atoms in total. The number of carbonyl (C=O) groups excluding carboxylic acids is 2. The van der Waals surface area contributed by atoms with Crippen LogP contribution in [0.4, 0.5) is 5.69 Å². The van der Waals surface area contributed by atoms with Crippen molar-refractivity contribution >= 4 is 27.3 Å². The molecular weight excluding hydrogens is 358 g/mol. The number of anilines is 1. The maximum absolute atomic E-state index is 12.2. The highest BCUT2D eigenvalue weighted by Crippen LogP contribution is 2.15. The van der Waals surface area contributed by atoms with E-state index in [1.807, 2.05) is 0 Å². The van der Waals surface area contributed by atoms with E-state index >= 15 is 0 Å². The summed E-state index contributed by atoms with van der Waals surface area (Å²) in [5.74, 6) is -1.82. The first kappa shape index (κ1) is 19.4. The van der Waals surface area contributed by atoms with Gasteiger partial charge in [-0.15, -0.1) is 0 Å². The van der Waals surface area contributed by atoms with Gasteiger partial charge in [-0.1, -0.05) is 30.3 Å². The van der Waals surface area contributed by atoms with Crippen molar-refractivity contribution in [3.63, 3.8) is 0 Å². The minimum atomic E-state index is -3.38. The van der Waals surface area contributed by atoms with Crippen LogP contribution in [0, 0.1) is 0 Å². The second-order valence-electron chi connectivity index (χ2n) is 5.57. The summed E-state index contributed by atoms with van der Waals surface area (Å²) in [5, 5.41) is 4.85. The van der Waals surface area contributed by atoms with Crippen LogP contribution in [0.25, 0.3) is 0 Å². The Morgan fingerprint density at radius 2 is 1.81 bits per heavy atom. The van der Waals surface area contributed by atoms with Gasteiger partial charge in [-0.05, 0) is 11.6 Å². The average Bonchev–Trinajstić information content (AvgIpc) is 2.61. The first-order chi connectivity index (χ1) is 12.3. The second-order valence-corrected chi connectivity index (χ2v) is 7.76. The number of nitrogens with one attached hydrogen (secondary N) is 2. The number of rotatable bonds is 6. The Labute approximate surface area is 151 Å². The number of benzene rings is 1. The Morgan fingerprint density at radius 1 is 1.12 bits per heavy atom. The first-order valence-corrected chi connectivity index (χ1v) is 9.69. The zero-order valence-corrected chi connectivity index (χ0v) is 15.1. The Balaban J connectivity index is 2.08. The average molecular weight is 377 g/mol. The zero-order chi connectivity index (χ0) is 19.2. The van der Waals surface area contributed by atoms with E-state index in [9.17, 15) is 18.0 Å². The van der Waals surface area contributed by atoms with Crippen molar-refractivity contribution in [2.75, 3.05) is 24.4 Å². The molecule has 0 spiro atoms. The molecule has 0 aliphatic rings. The highest BCUT2D eigenvalue weighted by molar-refractivity contribution is 7.90. The highest BCUT2D eigenvalue weighted by Gasteiger charge is 2.23. The van der Waals surface area contributed by atoms with Gasteiger partial charge in [-0.2, -0.15) is 0 Å². The molecule has 0 saturated carbocycles. The van der Waals surface area contributed by atoms with Gasteiger partial charge in [0.2, 0.25) is 5.88 Å². The molecule has 0 fully saturated rings. The number of methoxy groups -OCH3 is 1. The number of aromatic nitrogens is 1. The molecule has 0 aliphatic heterocycles. The van der Waals surface area contributed by atoms with Gasteiger partial charge in [0.1, 0.15) is 9.84 Å². The third-order valence-corrected chi connectivity index (χ3v) is 4.33. The summed E-state index contributed by atoms with van der Waals surface area (Å²) in [6.45, 7) is 0. The fourth-order valence-corrected chi connectivity index (χ4v) is 3.08. The second kappa shape index (κ2) is 8.43. The van der Waals surface area contributed by atoms with Crippen LogP contribution in [-0.4, -0.2) is 44.3 Å². The standard InChI is InChI=1S/C17H19N3O5S/c1-25-15-9-8-13(10-18-15)19-16(21)17(22)20-14(11-26(2,23)24)12-6-4-3-5-7-12/h3-10,14H,11H2,1-2H3,(H,19,21)(H,20,22)/t14-/m0/s1. The molecule has 0 radical (unpaired) electrons. The molecule has 0 saturated heterocycles. The lowest BCUT2D eigenvalue weighted by atomic mass is 10.1. The van der Waals surface area contributed by atoms with Gasteiger partial charge >= 0.3 is 11.8 Å². The molecule has 2 aromatic rings. The molecule has 1 aromatic carbocycles. The monoisotopic (exact) mass is 377 g/mol. The first-order valence-electron chi connectivity index (χ1n) is 7.63. The fourth-order valence-electron chi connectivity index (χ4n) is 2.20. The minimum absolute atomic E-state index is 0.310. The Hall–Kier alpha value is -2.94. The number of carbonyl (C=O) groups is 2. The van der Waals surface area contributed by atoms with E-state index in [2.05, 4.69) is 15.6 Å². The molecule has 2 amide bonds. The van der Waals surface area contributed by atoms with Crippen LogP contribution < -0.4 is 15.4 Å². The molecule has 1 atom stereocenters. The maximum atomic E-state index is 12.2. The van der Waals surface area contributed by atoms with Crippen molar-refractivity contribution in [1.29, 1.82) is 0 Å². The van der Waals surface area contributed by atoms with E-state index in [0.717, 1.165) is 6.26 Å². The molecule has 1 heterocycles. The van der Waals surface area contributed by atoms with Gasteiger partial charge < -0.3 is 15.4 Å². The minimum Gasteiger partial charge on any atom is -0.481 e. The normalized spacial score (nSPS) is 12.1. The fraction of sp³-hybridized carbons (Fsp3) is 0.235. The smallest absolute Gasteiger partial charge is 0.313 e. The molecule has 1 aromatic heterocycles. The maximum Gasteiger partial charge on any atom is 0.313 e. The van der Waals surface area contributed by atoms with E-state index in [0.29, 0.717) is 17.1 Å². The van der Waals surface area contributed by atoms with Crippen molar-refractivity contribution < 1.29 is 22.7 Å². The Kier molecular flexibility index (Phi) is 6.29. The molecule has 0 unspecified atom stereocenters. The number of pyridine rings is 1. The van der Waals surface area contributed by atoms with Gasteiger partial charge in [0.25, 0.3) is 0 Å². The number of amides is 2. The SMILES string of the molecule is COc1ccc(NC(=O)C(=O)N[C@@H](CS(C)(=O)=O)c2ccccc2)cn1. The summed E-state index contributed by atoms with van der Waals surface area (Å²) in [7, 11) is -1.92. The lowest BCUT2D eigenvalue weighted by Gasteiger charge is -2.18. The summed E-state index contributed by atoms with van der Waals surface area (Å²) in [6, 6.07) is 10.8. The topological polar surface area (TPSA) is 114 Å². The van der Waals surface area contributed by atoms with Gasteiger partial charge in [-0.25, -0.2) is 13.4 Å². The number of hydrogen-bond donors (Lipinski definition) is 2. The van der Waals surface area contributed by atoms with E-state index in [4.69, 9.17) is 4.74 Å². The molecule has 0 aliphatic carbocycles. The molecule has 0 bridgehead atoms. The van der Waals surface area contributed by atoms with Crippen molar-refractivity contribution in [3.8, 4) is 5.88 Å². The Bertz CT molecular complexity index is 867. The van der Waals surface area contributed by atoms with E-state index in [1.165, 1.54) is 25.4 Å². The van der Waals surface area contributed by atoms with E-state index in [1.54, 1.807) is 30.3 Å². The summed E-state index contributed by atoms with van der Waals surface area (Å²) < 4.78 is 28.2. The zero-order valence-electron chi connectivity index (χ0n) is 14.3. The van der Waals surface area contributed by atoms with Gasteiger partial charge in [-0.3, -0.25) is 9.59 Å². The number of ether oxygens (including phenoxy) is 1. The number of nitrogens with zero attached hydrogens (tertiary/aromatic N) is 1. The quantitative estimate of drug-likeness (QED) is 0.724. The molecule has 2 rings (SSSR count).